The minimum Gasteiger partial charge on any atom is -0.477 e. The molecule has 2 aromatic rings. The fourth-order valence-corrected chi connectivity index (χ4v) is 5.11. The molecule has 33 heavy (non-hydrogen) atoms. The summed E-state index contributed by atoms with van der Waals surface area (Å²) in [6.45, 7) is 0.231. The van der Waals surface area contributed by atoms with Gasteiger partial charge < -0.3 is 15.2 Å². The van der Waals surface area contributed by atoms with Gasteiger partial charge in [-0.15, -0.1) is 11.8 Å². The van der Waals surface area contributed by atoms with Gasteiger partial charge in [-0.3, -0.25) is 19.3 Å². The molecule has 3 atom stereocenters. The van der Waals surface area contributed by atoms with Gasteiger partial charge in [-0.2, -0.15) is 0 Å². The molecule has 0 bridgehead atoms. The Kier molecular flexibility index (Phi) is 6.29. The van der Waals surface area contributed by atoms with E-state index in [0.717, 1.165) is 4.90 Å². The van der Waals surface area contributed by atoms with Crippen LogP contribution in [0.1, 0.15) is 11.7 Å². The van der Waals surface area contributed by atoms with E-state index in [4.69, 9.17) is 17.0 Å². The number of nitrogens with zero attached hydrogens (tertiary/aromatic N) is 5. The number of ether oxygens (including phenoxy) is 1. The van der Waals surface area contributed by atoms with Crippen molar-refractivity contribution in [3.8, 4) is 0 Å². The SMILES string of the molecule is Cn1nnn(CC2=C(C(=O)O)N3C(=O)[C@@H](NC(=O)[C@H](OC=O)c4ccccc4)[C@H]3SC2)c1=S. The Balaban J connectivity index is 1.54. The van der Waals surface area contributed by atoms with Crippen LogP contribution in [0.4, 0.5) is 0 Å². The summed E-state index contributed by atoms with van der Waals surface area (Å²) in [4.78, 5) is 49.7. The highest BCUT2D eigenvalue weighted by atomic mass is 32.2. The van der Waals surface area contributed by atoms with Gasteiger partial charge in [0, 0.05) is 18.4 Å². The van der Waals surface area contributed by atoms with Gasteiger partial charge >= 0.3 is 5.97 Å². The van der Waals surface area contributed by atoms with E-state index in [1.807, 2.05) is 0 Å². The van der Waals surface area contributed by atoms with Crippen molar-refractivity contribution >= 4 is 48.2 Å². The van der Waals surface area contributed by atoms with Crippen LogP contribution < -0.4 is 5.32 Å². The van der Waals surface area contributed by atoms with E-state index in [-0.39, 0.29) is 24.5 Å². The predicted octanol–water partition coefficient (Wildman–Crippen LogP) is -0.00101. The predicted molar refractivity (Wildman–Crippen MR) is 116 cm³/mol. The molecule has 12 nitrogen and oxygen atoms in total. The number of benzene rings is 1. The van der Waals surface area contributed by atoms with Gasteiger partial charge in [-0.25, -0.2) is 14.2 Å². The summed E-state index contributed by atoms with van der Waals surface area (Å²) >= 11 is 6.51. The standard InChI is InChI=1S/C19H18N6O6S2/c1-23-19(32)24(22-21-23)7-11-8-33-17-12(16(28)25(17)13(11)18(29)30)20-15(27)14(31-9-26)10-5-3-2-4-6-10/h2-6,9,12,14,17H,7-8H2,1H3,(H,20,27)(H,29,30)/t12-,14-,17-/m1/s1. The van der Waals surface area contributed by atoms with Gasteiger partial charge in [0.05, 0.1) is 6.54 Å². The molecule has 1 saturated heterocycles. The monoisotopic (exact) mass is 490 g/mol. The molecule has 3 heterocycles. The van der Waals surface area contributed by atoms with Crippen LogP contribution in [0.15, 0.2) is 41.6 Å². The smallest absolute Gasteiger partial charge is 0.352 e. The molecule has 14 heteroatoms. The van der Waals surface area contributed by atoms with Crippen LogP contribution in [0.2, 0.25) is 0 Å². The molecule has 1 aromatic heterocycles. The zero-order valence-electron chi connectivity index (χ0n) is 17.2. The van der Waals surface area contributed by atoms with E-state index in [2.05, 4.69) is 15.7 Å². The Bertz CT molecular complexity index is 1210. The molecule has 0 aliphatic carbocycles. The lowest BCUT2D eigenvalue weighted by Gasteiger charge is -2.49. The van der Waals surface area contributed by atoms with Crippen LogP contribution in [0.25, 0.3) is 0 Å². The fourth-order valence-electron chi connectivity index (χ4n) is 3.64. The average molecular weight is 491 g/mol. The van der Waals surface area contributed by atoms with E-state index >= 15 is 0 Å². The second kappa shape index (κ2) is 9.15. The number of carbonyl (C=O) groups excluding carboxylic acids is 3. The molecule has 0 radical (unpaired) electrons. The van der Waals surface area contributed by atoms with Crippen LogP contribution in [-0.2, 0) is 37.5 Å². The number of β-lactam (4-membered cyclic amide) rings is 1. The zero-order valence-corrected chi connectivity index (χ0v) is 18.8. The number of amides is 2. The van der Waals surface area contributed by atoms with Gasteiger partial charge in [-0.1, -0.05) is 30.3 Å². The van der Waals surface area contributed by atoms with Gasteiger partial charge in [0.1, 0.15) is 17.1 Å². The Morgan fingerprint density at radius 3 is 2.70 bits per heavy atom. The summed E-state index contributed by atoms with van der Waals surface area (Å²) < 4.78 is 7.99. The second-order valence-electron chi connectivity index (χ2n) is 7.22. The van der Waals surface area contributed by atoms with Crippen LogP contribution in [0, 0.1) is 4.77 Å². The van der Waals surface area contributed by atoms with Crippen molar-refractivity contribution in [1.82, 2.24) is 30.0 Å². The maximum atomic E-state index is 12.9. The first-order chi connectivity index (χ1) is 15.8. The Morgan fingerprint density at radius 2 is 2.09 bits per heavy atom. The first kappa shape index (κ1) is 22.7. The maximum absolute atomic E-state index is 12.9. The van der Waals surface area contributed by atoms with Crippen molar-refractivity contribution in [2.45, 2.75) is 24.1 Å². The van der Waals surface area contributed by atoms with Gasteiger partial charge in [-0.05, 0) is 28.2 Å². The van der Waals surface area contributed by atoms with Crippen LogP contribution >= 0.6 is 24.0 Å². The lowest BCUT2D eigenvalue weighted by Crippen LogP contribution is -2.71. The maximum Gasteiger partial charge on any atom is 0.352 e. The quantitative estimate of drug-likeness (QED) is 0.294. The van der Waals surface area contributed by atoms with Crippen LogP contribution in [-0.4, -0.2) is 71.2 Å². The molecule has 0 unspecified atom stereocenters. The van der Waals surface area contributed by atoms with Crippen molar-refractivity contribution in [1.29, 1.82) is 0 Å². The first-order valence-electron chi connectivity index (χ1n) is 9.64. The van der Waals surface area contributed by atoms with E-state index in [1.165, 1.54) is 21.1 Å². The summed E-state index contributed by atoms with van der Waals surface area (Å²) in [5.41, 5.74) is 0.728. The summed E-state index contributed by atoms with van der Waals surface area (Å²) in [6.07, 6.45) is -1.23. The number of nitrogens with one attached hydrogen (secondary N) is 1. The number of carboxylic acid groups (broad SMARTS) is 1. The highest BCUT2D eigenvalue weighted by Gasteiger charge is 2.54. The molecule has 1 aromatic carbocycles. The van der Waals surface area contributed by atoms with E-state index in [9.17, 15) is 24.3 Å². The number of rotatable bonds is 8. The third kappa shape index (κ3) is 4.14. The number of thioether (sulfide) groups is 1. The zero-order chi connectivity index (χ0) is 23.7. The van der Waals surface area contributed by atoms with Crippen molar-refractivity contribution in [2.75, 3.05) is 5.75 Å². The number of aryl methyl sites for hydroxylation is 1. The number of fused-ring (bicyclic) bond motifs is 1. The average Bonchev–Trinajstić information content (AvgIpc) is 3.13. The Labute approximate surface area is 196 Å². The number of carboxylic acids is 1. The van der Waals surface area contributed by atoms with Gasteiger partial charge in [0.15, 0.2) is 0 Å². The summed E-state index contributed by atoms with van der Waals surface area (Å²) in [6, 6.07) is 7.40. The Hall–Kier alpha value is -3.52. The van der Waals surface area contributed by atoms with Gasteiger partial charge in [0.2, 0.25) is 10.9 Å². The van der Waals surface area contributed by atoms with Crippen molar-refractivity contribution in [2.24, 2.45) is 7.05 Å². The number of hydrogen-bond donors (Lipinski definition) is 2. The van der Waals surface area contributed by atoms with Crippen LogP contribution in [0.3, 0.4) is 0 Å². The Morgan fingerprint density at radius 1 is 1.36 bits per heavy atom. The lowest BCUT2D eigenvalue weighted by molar-refractivity contribution is -0.154. The molecule has 0 saturated carbocycles. The van der Waals surface area contributed by atoms with Crippen molar-refractivity contribution in [3.05, 3.63) is 51.9 Å². The molecule has 172 valence electrons. The number of aromatic nitrogens is 4. The van der Waals surface area contributed by atoms with Crippen molar-refractivity contribution in [3.63, 3.8) is 0 Å². The number of carbonyl (C=O) groups is 4. The molecule has 2 aliphatic heterocycles. The molecular weight excluding hydrogens is 472 g/mol. The summed E-state index contributed by atoms with van der Waals surface area (Å²) in [5, 5.41) is 19.5. The van der Waals surface area contributed by atoms with E-state index in [0.29, 0.717) is 15.9 Å². The number of hydrogen-bond acceptors (Lipinski definition) is 9. The third-order valence-corrected chi connectivity index (χ3v) is 7.01. The summed E-state index contributed by atoms with van der Waals surface area (Å²) in [7, 11) is 1.62. The molecular formula is C19H18N6O6S2. The van der Waals surface area contributed by atoms with Crippen LogP contribution in [0.5, 0.6) is 0 Å². The summed E-state index contributed by atoms with van der Waals surface area (Å²) in [5.74, 6) is -2.23. The first-order valence-corrected chi connectivity index (χ1v) is 11.1. The highest BCUT2D eigenvalue weighted by Crippen LogP contribution is 2.41. The number of aliphatic carboxylic acids is 1. The lowest BCUT2D eigenvalue weighted by atomic mass is 10.0. The van der Waals surface area contributed by atoms with Crippen molar-refractivity contribution < 1.29 is 29.0 Å². The molecule has 2 aliphatic rings. The third-order valence-electron chi connectivity index (χ3n) is 5.20. The minimum absolute atomic E-state index is 0.0675. The van der Waals surface area contributed by atoms with E-state index in [1.54, 1.807) is 37.4 Å². The second-order valence-corrected chi connectivity index (χ2v) is 8.69. The number of tetrazole rings is 1. The molecule has 0 spiro atoms. The molecule has 1 fully saturated rings. The fraction of sp³-hybridized carbons (Fsp3) is 0.316. The molecule has 4 rings (SSSR count). The largest absolute Gasteiger partial charge is 0.477 e. The van der Waals surface area contributed by atoms with Gasteiger partial charge in [0.25, 0.3) is 18.3 Å². The minimum atomic E-state index is -1.27. The molecule has 2 N–H and O–H groups in total. The van der Waals surface area contributed by atoms with E-state index < -0.39 is 35.3 Å². The molecule has 2 amide bonds. The highest BCUT2D eigenvalue weighted by molar-refractivity contribution is 8.00. The normalized spacial score (nSPS) is 20.5. The topological polar surface area (TPSA) is 149 Å².